The minimum atomic E-state index is -1.01. The van der Waals surface area contributed by atoms with E-state index < -0.39 is 28.9 Å². The van der Waals surface area contributed by atoms with Crippen LogP contribution in [0.15, 0.2) is 0 Å². The summed E-state index contributed by atoms with van der Waals surface area (Å²) in [6, 6.07) is -1.69. The summed E-state index contributed by atoms with van der Waals surface area (Å²) in [4.78, 5) is 37.6. The molecule has 7 nitrogen and oxygen atoms in total. The Labute approximate surface area is 147 Å². The normalized spacial score (nSPS) is 19.2. The molecular formula is C16H28N2O5S. The zero-order valence-corrected chi connectivity index (χ0v) is 15.8. The highest BCUT2D eigenvalue weighted by molar-refractivity contribution is 8.01. The molecule has 2 atom stereocenters. The number of rotatable bonds is 7. The van der Waals surface area contributed by atoms with Crippen LogP contribution in [-0.4, -0.2) is 63.2 Å². The van der Waals surface area contributed by atoms with E-state index in [0.717, 1.165) is 0 Å². The van der Waals surface area contributed by atoms with Crippen molar-refractivity contribution in [2.24, 2.45) is 0 Å². The number of nitrogens with zero attached hydrogens (tertiary/aromatic N) is 1. The SMILES string of the molecule is CCOC(=O)N[C@H](C(=O)N1CCC[C@H]1C(=O)O)C(C)(C)SC(C)C. The van der Waals surface area contributed by atoms with Crippen molar-refractivity contribution in [3.05, 3.63) is 0 Å². The van der Waals surface area contributed by atoms with Crippen LogP contribution in [0.4, 0.5) is 4.79 Å². The van der Waals surface area contributed by atoms with E-state index in [4.69, 9.17) is 4.74 Å². The van der Waals surface area contributed by atoms with Crippen LogP contribution in [0, 0.1) is 0 Å². The van der Waals surface area contributed by atoms with Gasteiger partial charge < -0.3 is 20.1 Å². The van der Waals surface area contributed by atoms with Gasteiger partial charge >= 0.3 is 12.1 Å². The smallest absolute Gasteiger partial charge is 0.407 e. The lowest BCUT2D eigenvalue weighted by molar-refractivity contribution is -0.149. The highest BCUT2D eigenvalue weighted by Crippen LogP contribution is 2.34. The van der Waals surface area contributed by atoms with Crippen molar-refractivity contribution in [2.45, 2.75) is 69.5 Å². The monoisotopic (exact) mass is 360 g/mol. The van der Waals surface area contributed by atoms with E-state index in [9.17, 15) is 19.5 Å². The summed E-state index contributed by atoms with van der Waals surface area (Å²) in [5.74, 6) is -1.38. The van der Waals surface area contributed by atoms with E-state index in [2.05, 4.69) is 5.32 Å². The summed E-state index contributed by atoms with van der Waals surface area (Å²) >= 11 is 1.56. The number of carboxylic acids is 1. The second kappa shape index (κ2) is 8.60. The second-order valence-corrected chi connectivity index (χ2v) is 8.83. The Balaban J connectivity index is 3.04. The average Bonchev–Trinajstić information content (AvgIpc) is 2.92. The number of carbonyl (C=O) groups excluding carboxylic acids is 2. The minimum absolute atomic E-state index is 0.200. The van der Waals surface area contributed by atoms with Crippen molar-refractivity contribution in [3.63, 3.8) is 0 Å². The van der Waals surface area contributed by atoms with Gasteiger partial charge in [0.1, 0.15) is 12.1 Å². The fourth-order valence-corrected chi connectivity index (χ4v) is 4.46. The maximum Gasteiger partial charge on any atom is 0.407 e. The number of thioether (sulfide) groups is 1. The topological polar surface area (TPSA) is 95.9 Å². The number of carbonyl (C=O) groups is 3. The largest absolute Gasteiger partial charge is 0.480 e. The fourth-order valence-electron chi connectivity index (χ4n) is 2.95. The Hall–Kier alpha value is -1.44. The summed E-state index contributed by atoms with van der Waals surface area (Å²) in [6.07, 6.45) is 0.414. The number of alkyl carbamates (subject to hydrolysis) is 1. The van der Waals surface area contributed by atoms with Gasteiger partial charge in [-0.3, -0.25) is 4.79 Å². The molecule has 0 aromatic carbocycles. The molecule has 1 aliphatic rings. The van der Waals surface area contributed by atoms with E-state index in [0.29, 0.717) is 19.4 Å². The predicted octanol–water partition coefficient (Wildman–Crippen LogP) is 2.10. The van der Waals surface area contributed by atoms with Crippen LogP contribution in [0.25, 0.3) is 0 Å². The van der Waals surface area contributed by atoms with Crippen molar-refractivity contribution in [3.8, 4) is 0 Å². The summed E-state index contributed by atoms with van der Waals surface area (Å²) in [6.45, 7) is 10.0. The molecule has 0 aromatic rings. The fraction of sp³-hybridized carbons (Fsp3) is 0.812. The van der Waals surface area contributed by atoms with Gasteiger partial charge in [0.05, 0.1) is 6.61 Å². The third-order valence-electron chi connectivity index (χ3n) is 3.84. The Kier molecular flexibility index (Phi) is 7.38. The molecule has 1 rings (SSSR count). The summed E-state index contributed by atoms with van der Waals surface area (Å²) in [5.41, 5.74) is 0. The van der Waals surface area contributed by atoms with Crippen LogP contribution in [0.5, 0.6) is 0 Å². The van der Waals surface area contributed by atoms with Crippen molar-refractivity contribution in [1.29, 1.82) is 0 Å². The zero-order chi connectivity index (χ0) is 18.5. The first kappa shape index (κ1) is 20.6. The number of nitrogens with one attached hydrogen (secondary N) is 1. The zero-order valence-electron chi connectivity index (χ0n) is 15.0. The van der Waals surface area contributed by atoms with Crippen LogP contribution in [0.3, 0.4) is 0 Å². The van der Waals surface area contributed by atoms with Crippen molar-refractivity contribution in [1.82, 2.24) is 10.2 Å². The molecule has 1 saturated heterocycles. The Morgan fingerprint density at radius 2 is 2.00 bits per heavy atom. The Morgan fingerprint density at radius 3 is 2.50 bits per heavy atom. The molecule has 1 fully saturated rings. The van der Waals surface area contributed by atoms with Gasteiger partial charge in [0.25, 0.3) is 0 Å². The van der Waals surface area contributed by atoms with Crippen LogP contribution >= 0.6 is 11.8 Å². The van der Waals surface area contributed by atoms with Gasteiger partial charge in [-0.25, -0.2) is 9.59 Å². The number of ether oxygens (including phenoxy) is 1. The third kappa shape index (κ3) is 5.29. The maximum absolute atomic E-state index is 13.0. The first-order chi connectivity index (χ1) is 11.1. The highest BCUT2D eigenvalue weighted by atomic mass is 32.2. The molecule has 138 valence electrons. The molecule has 0 radical (unpaired) electrons. The van der Waals surface area contributed by atoms with Gasteiger partial charge in [-0.2, -0.15) is 11.8 Å². The van der Waals surface area contributed by atoms with Crippen LogP contribution < -0.4 is 5.32 Å². The highest BCUT2D eigenvalue weighted by Gasteiger charge is 2.44. The maximum atomic E-state index is 13.0. The number of hydrogen-bond acceptors (Lipinski definition) is 5. The molecule has 1 heterocycles. The van der Waals surface area contributed by atoms with Gasteiger partial charge in [0, 0.05) is 11.3 Å². The van der Waals surface area contributed by atoms with Crippen LogP contribution in [0.2, 0.25) is 0 Å². The van der Waals surface area contributed by atoms with Gasteiger partial charge in [-0.05, 0) is 38.9 Å². The van der Waals surface area contributed by atoms with E-state index in [-0.39, 0.29) is 17.8 Å². The number of hydrogen-bond donors (Lipinski definition) is 2. The number of amides is 2. The van der Waals surface area contributed by atoms with Crippen LogP contribution in [0.1, 0.15) is 47.5 Å². The summed E-state index contributed by atoms with van der Waals surface area (Å²) in [7, 11) is 0. The predicted molar refractivity (Wildman–Crippen MR) is 93.1 cm³/mol. The van der Waals surface area contributed by atoms with Crippen molar-refractivity contribution >= 4 is 29.7 Å². The Bertz CT molecular complexity index is 481. The lowest BCUT2D eigenvalue weighted by Gasteiger charge is -2.37. The first-order valence-corrected chi connectivity index (χ1v) is 9.12. The second-order valence-electron chi connectivity index (χ2n) is 6.60. The molecule has 2 N–H and O–H groups in total. The van der Waals surface area contributed by atoms with Crippen LogP contribution in [-0.2, 0) is 14.3 Å². The molecule has 0 saturated carbocycles. The number of likely N-dealkylation sites (tertiary alicyclic amines) is 1. The summed E-state index contributed by atoms with van der Waals surface area (Å²) < 4.78 is 4.31. The number of carboxylic acid groups (broad SMARTS) is 1. The molecule has 0 bridgehead atoms. The quantitative estimate of drug-likeness (QED) is 0.722. The van der Waals surface area contributed by atoms with Gasteiger partial charge in [0.15, 0.2) is 0 Å². The molecule has 0 aliphatic carbocycles. The Morgan fingerprint density at radius 1 is 1.38 bits per heavy atom. The molecular weight excluding hydrogens is 332 g/mol. The molecule has 0 aromatic heterocycles. The van der Waals surface area contributed by atoms with Gasteiger partial charge in [-0.1, -0.05) is 13.8 Å². The number of aliphatic carboxylic acids is 1. The van der Waals surface area contributed by atoms with Gasteiger partial charge in [-0.15, -0.1) is 0 Å². The minimum Gasteiger partial charge on any atom is -0.480 e. The van der Waals surface area contributed by atoms with Crippen molar-refractivity contribution < 1.29 is 24.2 Å². The summed E-state index contributed by atoms with van der Waals surface area (Å²) in [5, 5.41) is 12.2. The standard InChI is InChI=1S/C16H28N2O5S/c1-6-23-15(22)17-12(16(4,5)24-10(2)3)13(19)18-9-7-8-11(18)14(20)21/h10-12H,6-9H2,1-5H3,(H,17,22)(H,20,21)/t11-,12+/m0/s1. The molecule has 2 amide bonds. The molecule has 0 spiro atoms. The molecule has 1 aliphatic heterocycles. The average molecular weight is 360 g/mol. The van der Waals surface area contributed by atoms with Crippen molar-refractivity contribution in [2.75, 3.05) is 13.2 Å². The third-order valence-corrected chi connectivity index (χ3v) is 5.15. The molecule has 24 heavy (non-hydrogen) atoms. The van der Waals surface area contributed by atoms with E-state index in [1.54, 1.807) is 18.7 Å². The lowest BCUT2D eigenvalue weighted by atomic mass is 10.0. The molecule has 0 unspecified atom stereocenters. The lowest BCUT2D eigenvalue weighted by Crippen LogP contribution is -2.59. The van der Waals surface area contributed by atoms with E-state index in [1.165, 1.54) is 4.90 Å². The van der Waals surface area contributed by atoms with E-state index >= 15 is 0 Å². The first-order valence-electron chi connectivity index (χ1n) is 8.24. The van der Waals surface area contributed by atoms with Gasteiger partial charge in [0.2, 0.25) is 5.91 Å². The molecule has 8 heteroatoms. The van der Waals surface area contributed by atoms with E-state index in [1.807, 2.05) is 27.7 Å².